The number of amides is 5. The monoisotopic (exact) mass is 734 g/mol. The molecule has 3 heterocycles. The maximum atomic E-state index is 13.9. The van der Waals surface area contributed by atoms with E-state index in [2.05, 4.69) is 50.6 Å². The van der Waals surface area contributed by atoms with Crippen LogP contribution in [0.15, 0.2) is 91.5 Å². The van der Waals surface area contributed by atoms with Gasteiger partial charge in [-0.3, -0.25) is 28.5 Å². The summed E-state index contributed by atoms with van der Waals surface area (Å²) in [6.07, 6.45) is 4.75. The summed E-state index contributed by atoms with van der Waals surface area (Å²) in [4.78, 5) is 68.6. The van der Waals surface area contributed by atoms with Crippen LogP contribution in [0.5, 0.6) is 5.75 Å². The fourth-order valence-electron chi connectivity index (χ4n) is 6.40. The van der Waals surface area contributed by atoms with Gasteiger partial charge in [-0.15, -0.1) is 10.2 Å². The van der Waals surface area contributed by atoms with Gasteiger partial charge in [0.15, 0.2) is 0 Å². The molecule has 0 unspecified atom stereocenters. The van der Waals surface area contributed by atoms with Crippen molar-refractivity contribution in [1.29, 1.82) is 0 Å². The second kappa shape index (κ2) is 16.7. The smallest absolute Gasteiger partial charge is 0.252 e. The van der Waals surface area contributed by atoms with Gasteiger partial charge in [-0.2, -0.15) is 0 Å². The molecule has 14 nitrogen and oxygen atoms in total. The Hall–Kier alpha value is -6.05. The summed E-state index contributed by atoms with van der Waals surface area (Å²) in [6, 6.07) is 19.9. The highest BCUT2D eigenvalue weighted by Crippen LogP contribution is 2.36. The Morgan fingerprint density at radius 3 is 2.30 bits per heavy atom. The van der Waals surface area contributed by atoms with Crippen molar-refractivity contribution >= 4 is 29.5 Å². The molecule has 7 rings (SSSR count). The topological polar surface area (TPSA) is 185 Å². The SMILES string of the molecule is CC(C)C[C@H]1COc2ccc(cc2)C[C@H](NC(=O)c2cccc(-n3cnnc3)c2)C(=O)N[C@H](C)C(=O)NC2(CC2)C(=O)N[C@H](Cc2ccccc2)C(=O)N1. The second-order valence-electron chi connectivity index (χ2n) is 14.5. The van der Waals surface area contributed by atoms with Gasteiger partial charge in [-0.25, -0.2) is 0 Å². The van der Waals surface area contributed by atoms with E-state index in [-0.39, 0.29) is 37.3 Å². The molecule has 14 heteroatoms. The molecule has 2 bridgehead atoms. The number of carbonyl (C=O) groups is 5. The van der Waals surface area contributed by atoms with Gasteiger partial charge in [0.1, 0.15) is 48.7 Å². The first kappa shape index (κ1) is 37.7. The van der Waals surface area contributed by atoms with Crippen LogP contribution in [0.1, 0.15) is 61.5 Å². The number of hydrogen-bond acceptors (Lipinski definition) is 8. The van der Waals surface area contributed by atoms with Gasteiger partial charge in [0, 0.05) is 24.1 Å². The summed E-state index contributed by atoms with van der Waals surface area (Å²) < 4.78 is 7.80. The Bertz CT molecular complexity index is 1950. The van der Waals surface area contributed by atoms with Crippen LogP contribution in [0.25, 0.3) is 5.69 Å². The van der Waals surface area contributed by atoms with Crippen LogP contribution < -0.4 is 31.3 Å². The minimum absolute atomic E-state index is 0.110. The molecule has 1 aliphatic carbocycles. The Kier molecular flexibility index (Phi) is 11.7. The minimum Gasteiger partial charge on any atom is -0.491 e. The Balaban J connectivity index is 1.26. The molecule has 5 N–H and O–H groups in total. The van der Waals surface area contributed by atoms with Gasteiger partial charge in [-0.05, 0) is 73.6 Å². The van der Waals surface area contributed by atoms with Crippen LogP contribution in [0.3, 0.4) is 0 Å². The van der Waals surface area contributed by atoms with Crippen LogP contribution in [0.2, 0.25) is 0 Å². The average molecular weight is 735 g/mol. The summed E-state index contributed by atoms with van der Waals surface area (Å²) in [5.74, 6) is -1.68. The molecule has 4 aromatic rings. The van der Waals surface area contributed by atoms with Crippen LogP contribution in [0, 0.1) is 5.92 Å². The van der Waals surface area contributed by atoms with Crippen LogP contribution in [-0.4, -0.2) is 80.6 Å². The summed E-state index contributed by atoms with van der Waals surface area (Å²) in [6.45, 7) is 5.81. The lowest BCUT2D eigenvalue weighted by atomic mass is 10.0. The van der Waals surface area contributed by atoms with E-state index in [0.717, 1.165) is 11.1 Å². The molecular formula is C40H46N8O6. The molecular weight excluding hydrogens is 688 g/mol. The summed E-state index contributed by atoms with van der Waals surface area (Å²) >= 11 is 0. The zero-order valence-electron chi connectivity index (χ0n) is 30.6. The molecule has 1 aromatic heterocycles. The molecule has 5 amide bonds. The van der Waals surface area contributed by atoms with Crippen molar-refractivity contribution < 1.29 is 28.7 Å². The molecule has 1 spiro atoms. The van der Waals surface area contributed by atoms with Crippen molar-refractivity contribution in [1.82, 2.24) is 41.3 Å². The number of carbonyl (C=O) groups excluding carboxylic acids is 5. The van der Waals surface area contributed by atoms with Gasteiger partial charge in [0.2, 0.25) is 23.6 Å². The van der Waals surface area contributed by atoms with Crippen LogP contribution >= 0.6 is 0 Å². The third-order valence-electron chi connectivity index (χ3n) is 9.57. The van der Waals surface area contributed by atoms with Gasteiger partial charge in [0.05, 0.1) is 6.04 Å². The van der Waals surface area contributed by atoms with Crippen molar-refractivity contribution in [2.45, 2.75) is 82.6 Å². The van der Waals surface area contributed by atoms with Crippen LogP contribution in [0.4, 0.5) is 0 Å². The van der Waals surface area contributed by atoms with Crippen molar-refractivity contribution in [3.8, 4) is 11.4 Å². The third kappa shape index (κ3) is 9.68. The minimum atomic E-state index is -1.23. The van der Waals surface area contributed by atoms with Gasteiger partial charge in [0.25, 0.3) is 5.91 Å². The highest BCUT2D eigenvalue weighted by Gasteiger charge is 2.52. The molecule has 0 radical (unpaired) electrons. The Morgan fingerprint density at radius 2 is 1.61 bits per heavy atom. The number of rotatable bonds is 7. The normalized spacial score (nSPS) is 22.0. The van der Waals surface area contributed by atoms with E-state index < -0.39 is 47.3 Å². The van der Waals surface area contributed by atoms with Gasteiger partial charge in [-0.1, -0.05) is 62.4 Å². The molecule has 2 aliphatic heterocycles. The van der Waals surface area contributed by atoms with Gasteiger partial charge >= 0.3 is 0 Å². The standard InChI is InChI=1S/C40H46N8O6/c1-25(2)18-30-22-54-32-14-12-28(13-15-32)20-33(45-36(50)29-10-7-11-31(21-29)48-23-41-42-24-48)37(51)43-26(3)35(49)47-40(16-17-40)39(53)46-34(38(52)44-30)19-27-8-5-4-6-9-27/h4-15,21,23-26,30,33-34H,16-20,22H2,1-3H3,(H,43,51)(H,44,52)(H,45,50)(H,46,53)(H,47,49)/t26-,30+,33+,34-/m1/s1. The third-order valence-corrected chi connectivity index (χ3v) is 9.57. The Morgan fingerprint density at radius 1 is 0.889 bits per heavy atom. The zero-order valence-corrected chi connectivity index (χ0v) is 30.6. The van der Waals surface area contributed by atoms with E-state index in [9.17, 15) is 24.0 Å². The molecule has 1 saturated carbocycles. The average Bonchev–Trinajstić information content (AvgIpc) is 3.73. The first-order valence-corrected chi connectivity index (χ1v) is 18.2. The number of hydrogen-bond donors (Lipinski definition) is 5. The largest absolute Gasteiger partial charge is 0.491 e. The summed E-state index contributed by atoms with van der Waals surface area (Å²) in [5.41, 5.74) is 1.34. The van der Waals surface area contributed by atoms with Crippen molar-refractivity contribution in [2.75, 3.05) is 6.61 Å². The molecule has 54 heavy (non-hydrogen) atoms. The number of aromatic nitrogens is 3. The fourth-order valence-corrected chi connectivity index (χ4v) is 6.40. The summed E-state index contributed by atoms with van der Waals surface area (Å²) in [7, 11) is 0. The molecule has 3 aromatic carbocycles. The first-order chi connectivity index (χ1) is 26.0. The predicted octanol–water partition coefficient (Wildman–Crippen LogP) is 2.41. The lowest BCUT2D eigenvalue weighted by Crippen LogP contribution is -2.59. The number of ether oxygens (including phenoxy) is 1. The van der Waals surface area contributed by atoms with Crippen molar-refractivity contribution in [2.24, 2.45) is 5.92 Å². The first-order valence-electron chi connectivity index (χ1n) is 18.2. The fraction of sp³-hybridized carbons (Fsp3) is 0.375. The van der Waals surface area contributed by atoms with E-state index in [1.807, 2.05) is 30.3 Å². The number of benzene rings is 3. The lowest BCUT2D eigenvalue weighted by Gasteiger charge is -2.27. The van der Waals surface area contributed by atoms with E-state index in [1.54, 1.807) is 53.1 Å². The maximum Gasteiger partial charge on any atom is 0.252 e. The van der Waals surface area contributed by atoms with Crippen molar-refractivity contribution in [3.05, 3.63) is 108 Å². The maximum absolute atomic E-state index is 13.9. The quantitative estimate of drug-likeness (QED) is 0.179. The summed E-state index contributed by atoms with van der Waals surface area (Å²) in [5, 5.41) is 22.1. The molecule has 0 saturated heterocycles. The van der Waals surface area contributed by atoms with E-state index in [0.29, 0.717) is 36.3 Å². The number of fused-ring (bicyclic) bond motifs is 15. The zero-order chi connectivity index (χ0) is 38.2. The second-order valence-corrected chi connectivity index (χ2v) is 14.5. The molecule has 282 valence electrons. The molecule has 3 aliphatic rings. The van der Waals surface area contributed by atoms with Crippen LogP contribution in [-0.2, 0) is 32.0 Å². The van der Waals surface area contributed by atoms with E-state index in [4.69, 9.17) is 4.74 Å². The number of nitrogens with zero attached hydrogens (tertiary/aromatic N) is 3. The van der Waals surface area contributed by atoms with Gasteiger partial charge < -0.3 is 31.3 Å². The predicted molar refractivity (Wildman–Crippen MR) is 199 cm³/mol. The van der Waals surface area contributed by atoms with E-state index in [1.165, 1.54) is 19.6 Å². The highest BCUT2D eigenvalue weighted by molar-refractivity contribution is 6.00. The molecule has 4 atom stereocenters. The van der Waals surface area contributed by atoms with E-state index >= 15 is 0 Å². The van der Waals surface area contributed by atoms with Crippen molar-refractivity contribution in [3.63, 3.8) is 0 Å². The highest BCUT2D eigenvalue weighted by atomic mass is 16.5. The Labute approximate surface area is 313 Å². The lowest BCUT2D eigenvalue weighted by molar-refractivity contribution is -0.134. The number of nitrogens with one attached hydrogen (secondary N) is 5. The molecule has 1 fully saturated rings.